The zero-order valence-corrected chi connectivity index (χ0v) is 16.5. The largest absolute Gasteiger partial charge is 0.356 e. The molecule has 0 atom stereocenters. The molecule has 0 bridgehead atoms. The second-order valence-corrected chi connectivity index (χ2v) is 7.20. The normalized spacial score (nSPS) is 11.0. The van der Waals surface area contributed by atoms with Gasteiger partial charge in [-0.15, -0.1) is 46.7 Å². The van der Waals surface area contributed by atoms with Crippen molar-refractivity contribution in [2.24, 2.45) is 4.99 Å². The minimum atomic E-state index is 0. The van der Waals surface area contributed by atoms with Crippen LogP contribution >= 0.6 is 58.4 Å². The van der Waals surface area contributed by atoms with Gasteiger partial charge in [0.2, 0.25) is 0 Å². The molecule has 0 radical (unpaired) electrons. The van der Waals surface area contributed by atoms with E-state index in [1.54, 1.807) is 41.5 Å². The summed E-state index contributed by atoms with van der Waals surface area (Å²) in [6, 6.07) is 4.18. The smallest absolute Gasteiger partial charge is 0.191 e. The molecule has 21 heavy (non-hydrogen) atoms. The quantitative estimate of drug-likeness (QED) is 0.220. The van der Waals surface area contributed by atoms with Crippen LogP contribution in [0.3, 0.4) is 0 Å². The monoisotopic (exact) mass is 454 g/mol. The molecular weight excluding hydrogens is 435 g/mol. The van der Waals surface area contributed by atoms with Gasteiger partial charge in [-0.3, -0.25) is 4.99 Å². The first-order chi connectivity index (χ1) is 9.88. The summed E-state index contributed by atoms with van der Waals surface area (Å²) in [6.07, 6.45) is 2.94. The highest BCUT2D eigenvalue weighted by Gasteiger charge is 1.99. The predicted octanol–water partition coefficient (Wildman–Crippen LogP) is 3.67. The lowest BCUT2D eigenvalue weighted by molar-refractivity contribution is 0.789. The second kappa shape index (κ2) is 11.3. The van der Waals surface area contributed by atoms with Gasteiger partial charge in [-0.25, -0.2) is 4.98 Å². The Balaban J connectivity index is 0.00000220. The van der Waals surface area contributed by atoms with Gasteiger partial charge in [0.15, 0.2) is 5.96 Å². The highest BCUT2D eigenvalue weighted by Crippen LogP contribution is 2.20. The van der Waals surface area contributed by atoms with E-state index >= 15 is 0 Å². The van der Waals surface area contributed by atoms with E-state index in [9.17, 15) is 0 Å². The van der Waals surface area contributed by atoms with Crippen LogP contribution in [-0.4, -0.2) is 30.3 Å². The number of rotatable bonds is 7. The lowest BCUT2D eigenvalue weighted by Gasteiger charge is -2.10. The summed E-state index contributed by atoms with van der Waals surface area (Å²) in [4.78, 5) is 9.78. The van der Waals surface area contributed by atoms with Gasteiger partial charge in [0.1, 0.15) is 4.34 Å². The molecule has 0 aromatic carbocycles. The van der Waals surface area contributed by atoms with E-state index in [0.717, 1.165) is 35.6 Å². The fraction of sp³-hybridized carbons (Fsp3) is 0.385. The second-order valence-electron chi connectivity index (χ2n) is 3.93. The number of nitrogens with zero attached hydrogens (tertiary/aromatic N) is 2. The van der Waals surface area contributed by atoms with E-state index in [-0.39, 0.29) is 24.0 Å². The van der Waals surface area contributed by atoms with Crippen molar-refractivity contribution in [1.29, 1.82) is 0 Å². The molecule has 116 valence electrons. The number of nitrogens with one attached hydrogen (secondary N) is 2. The maximum atomic E-state index is 4.25. The van der Waals surface area contributed by atoms with Gasteiger partial charge in [-0.1, -0.05) is 17.8 Å². The molecule has 4 nitrogen and oxygen atoms in total. The van der Waals surface area contributed by atoms with Crippen molar-refractivity contribution in [3.63, 3.8) is 0 Å². The van der Waals surface area contributed by atoms with Crippen LogP contribution in [0.25, 0.3) is 0 Å². The Hall–Kier alpha value is -0.320. The Morgan fingerprint density at radius 3 is 2.90 bits per heavy atom. The molecule has 2 aromatic heterocycles. The molecule has 0 aliphatic rings. The molecule has 0 saturated heterocycles. The highest BCUT2D eigenvalue weighted by atomic mass is 127. The first-order valence-corrected chi connectivity index (χ1v) is 9.12. The molecule has 2 heterocycles. The van der Waals surface area contributed by atoms with Gasteiger partial charge in [-0.05, 0) is 17.9 Å². The minimum absolute atomic E-state index is 0. The summed E-state index contributed by atoms with van der Waals surface area (Å²) < 4.78 is 1.14. The van der Waals surface area contributed by atoms with Gasteiger partial charge in [-0.2, -0.15) is 0 Å². The van der Waals surface area contributed by atoms with E-state index < -0.39 is 0 Å². The lowest BCUT2D eigenvalue weighted by atomic mass is 10.4. The van der Waals surface area contributed by atoms with Crippen LogP contribution in [0.2, 0.25) is 0 Å². The topological polar surface area (TPSA) is 49.3 Å². The van der Waals surface area contributed by atoms with Crippen LogP contribution in [-0.2, 0) is 6.54 Å². The molecule has 0 spiro atoms. The highest BCUT2D eigenvalue weighted by molar-refractivity contribution is 14.0. The third-order valence-corrected chi connectivity index (χ3v) is 5.41. The zero-order chi connectivity index (χ0) is 14.0. The molecular formula is C13H19IN4S3. The number of aliphatic imine (C=N–C) groups is 1. The van der Waals surface area contributed by atoms with Crippen LogP contribution in [0, 0.1) is 0 Å². The number of thiophene rings is 1. The zero-order valence-electron chi connectivity index (χ0n) is 11.7. The fourth-order valence-corrected chi connectivity index (χ4v) is 3.82. The van der Waals surface area contributed by atoms with E-state index in [4.69, 9.17) is 0 Å². The standard InChI is InChI=1S/C13H18N4S3.HI/c1-14-12(17-10-11-4-2-7-18-11)15-5-3-8-19-13-16-6-9-20-13;/h2,4,6-7,9H,3,5,8,10H2,1H3,(H2,14,15,17);1H. The Morgan fingerprint density at radius 2 is 2.24 bits per heavy atom. The number of halogens is 1. The summed E-state index contributed by atoms with van der Waals surface area (Å²) in [5, 5.41) is 10.7. The van der Waals surface area contributed by atoms with Gasteiger partial charge in [0.25, 0.3) is 0 Å². The van der Waals surface area contributed by atoms with Crippen LogP contribution in [0.5, 0.6) is 0 Å². The Bertz CT molecular complexity index is 499. The first kappa shape index (κ1) is 18.7. The number of thiazole rings is 1. The van der Waals surface area contributed by atoms with Crippen LogP contribution in [0.15, 0.2) is 38.4 Å². The molecule has 2 aromatic rings. The van der Waals surface area contributed by atoms with E-state index in [0.29, 0.717) is 0 Å². The van der Waals surface area contributed by atoms with Gasteiger partial charge < -0.3 is 10.6 Å². The molecule has 8 heteroatoms. The predicted molar refractivity (Wildman–Crippen MR) is 105 cm³/mol. The van der Waals surface area contributed by atoms with Crippen LogP contribution in [0.1, 0.15) is 11.3 Å². The van der Waals surface area contributed by atoms with E-state index in [1.165, 1.54) is 4.88 Å². The molecule has 0 aliphatic carbocycles. The summed E-state index contributed by atoms with van der Waals surface area (Å²) in [5.41, 5.74) is 0. The van der Waals surface area contributed by atoms with Crippen molar-refractivity contribution in [1.82, 2.24) is 15.6 Å². The number of hydrogen-bond acceptors (Lipinski definition) is 5. The summed E-state index contributed by atoms with van der Waals surface area (Å²) in [7, 11) is 1.80. The molecule has 0 fully saturated rings. The van der Waals surface area contributed by atoms with Gasteiger partial charge >= 0.3 is 0 Å². The Kier molecular flexibility index (Phi) is 10.1. The summed E-state index contributed by atoms with van der Waals surface area (Å²) in [5.74, 6) is 1.93. The molecule has 0 unspecified atom stereocenters. The first-order valence-electron chi connectivity index (χ1n) is 6.37. The SMILES string of the molecule is CN=C(NCCCSc1nccs1)NCc1cccs1.I. The number of thioether (sulfide) groups is 1. The van der Waals surface area contributed by atoms with Crippen molar-refractivity contribution in [2.75, 3.05) is 19.3 Å². The third kappa shape index (κ3) is 7.48. The molecule has 0 saturated carbocycles. The van der Waals surface area contributed by atoms with Crippen LogP contribution < -0.4 is 10.6 Å². The third-order valence-electron chi connectivity index (χ3n) is 2.48. The van der Waals surface area contributed by atoms with E-state index in [1.807, 2.05) is 11.6 Å². The Morgan fingerprint density at radius 1 is 1.33 bits per heavy atom. The minimum Gasteiger partial charge on any atom is -0.356 e. The summed E-state index contributed by atoms with van der Waals surface area (Å²) >= 11 is 5.25. The van der Waals surface area contributed by atoms with Crippen LogP contribution in [0.4, 0.5) is 0 Å². The van der Waals surface area contributed by atoms with Crippen molar-refractivity contribution in [3.05, 3.63) is 34.0 Å². The van der Waals surface area contributed by atoms with Crippen molar-refractivity contribution in [3.8, 4) is 0 Å². The number of hydrogen-bond donors (Lipinski definition) is 2. The Labute approximate surface area is 154 Å². The van der Waals surface area contributed by atoms with Crippen molar-refractivity contribution >= 4 is 64.4 Å². The molecule has 2 N–H and O–H groups in total. The maximum absolute atomic E-state index is 4.25. The fourth-order valence-electron chi connectivity index (χ4n) is 1.52. The molecule has 2 rings (SSSR count). The van der Waals surface area contributed by atoms with E-state index in [2.05, 4.69) is 38.1 Å². The molecule has 0 amide bonds. The van der Waals surface area contributed by atoms with Gasteiger partial charge in [0, 0.05) is 35.8 Å². The number of aromatic nitrogens is 1. The average molecular weight is 454 g/mol. The van der Waals surface area contributed by atoms with Crippen molar-refractivity contribution in [2.45, 2.75) is 17.3 Å². The van der Waals surface area contributed by atoms with Gasteiger partial charge in [0.05, 0.1) is 6.54 Å². The summed E-state index contributed by atoms with van der Waals surface area (Å²) in [6.45, 7) is 1.74. The maximum Gasteiger partial charge on any atom is 0.191 e. The molecule has 0 aliphatic heterocycles. The number of guanidine groups is 1. The lowest BCUT2D eigenvalue weighted by Crippen LogP contribution is -2.37. The van der Waals surface area contributed by atoms with Crippen molar-refractivity contribution < 1.29 is 0 Å². The average Bonchev–Trinajstić information content (AvgIpc) is 3.14.